The van der Waals surface area contributed by atoms with Gasteiger partial charge in [-0.05, 0) is 12.1 Å². The number of piperazine rings is 1. The van der Waals surface area contributed by atoms with E-state index in [1.165, 1.54) is 17.0 Å². The third-order valence-electron chi connectivity index (χ3n) is 3.07. The van der Waals surface area contributed by atoms with Crippen molar-refractivity contribution in [2.75, 3.05) is 32.4 Å². The van der Waals surface area contributed by atoms with Crippen molar-refractivity contribution in [1.29, 1.82) is 0 Å². The molecule has 7 heteroatoms. The molecule has 1 fully saturated rings. The lowest BCUT2D eigenvalue weighted by molar-refractivity contribution is -0.133. The monoisotopic (exact) mass is 301 g/mol. The number of nitrogens with two attached hydrogens (primary N) is 1. The van der Waals surface area contributed by atoms with Crippen LogP contribution in [-0.4, -0.2) is 48.3 Å². The van der Waals surface area contributed by atoms with Gasteiger partial charge in [0.25, 0.3) is 5.91 Å². The third-order valence-corrected chi connectivity index (χ3v) is 3.70. The first-order valence-corrected chi connectivity index (χ1v) is 6.43. The molecule has 0 aromatic heterocycles. The van der Waals surface area contributed by atoms with E-state index in [2.05, 4.69) is 0 Å². The quantitative estimate of drug-likeness (QED) is 0.799. The molecule has 1 aromatic rings. The fourth-order valence-corrected chi connectivity index (χ4v) is 2.31. The van der Waals surface area contributed by atoms with Crippen LogP contribution in [0, 0.1) is 0 Å². The minimum Gasteiger partial charge on any atom is -0.396 e. The Kier molecular flexibility index (Phi) is 3.87. The summed E-state index contributed by atoms with van der Waals surface area (Å²) in [6, 6.07) is 2.93. The number of nitrogens with zero attached hydrogens (tertiary/aromatic N) is 2. The van der Waals surface area contributed by atoms with Gasteiger partial charge < -0.3 is 15.5 Å². The molecule has 0 aliphatic carbocycles. The van der Waals surface area contributed by atoms with Gasteiger partial charge in [-0.1, -0.05) is 23.2 Å². The van der Waals surface area contributed by atoms with Crippen LogP contribution in [0.25, 0.3) is 0 Å². The Labute approximate surface area is 120 Å². The first-order chi connectivity index (χ1) is 8.90. The maximum Gasteiger partial charge on any atom is 0.254 e. The van der Waals surface area contributed by atoms with Crippen molar-refractivity contribution < 1.29 is 9.59 Å². The largest absolute Gasteiger partial charge is 0.396 e. The number of rotatable bonds is 1. The lowest BCUT2D eigenvalue weighted by Gasteiger charge is -2.32. The minimum atomic E-state index is -0.273. The van der Waals surface area contributed by atoms with Gasteiger partial charge in [-0.3, -0.25) is 9.59 Å². The highest BCUT2D eigenvalue weighted by Gasteiger charge is 2.26. The van der Waals surface area contributed by atoms with Gasteiger partial charge in [0.2, 0.25) is 5.91 Å². The van der Waals surface area contributed by atoms with Gasteiger partial charge in [-0.15, -0.1) is 0 Å². The molecule has 2 amide bonds. The Bertz CT molecular complexity index is 525. The summed E-state index contributed by atoms with van der Waals surface area (Å²) in [4.78, 5) is 26.9. The summed E-state index contributed by atoms with van der Waals surface area (Å²) >= 11 is 11.8. The SMILES string of the molecule is CN1CCN(C(=O)c2cc(Cl)c(N)c(Cl)c2)CC1=O. The van der Waals surface area contributed by atoms with E-state index in [9.17, 15) is 9.59 Å². The summed E-state index contributed by atoms with van der Waals surface area (Å²) in [5.74, 6) is -0.363. The molecule has 0 bridgehead atoms. The average Bonchev–Trinajstić information content (AvgIpc) is 2.37. The van der Waals surface area contributed by atoms with Crippen LogP contribution in [0.3, 0.4) is 0 Å². The second-order valence-electron chi connectivity index (χ2n) is 4.40. The second-order valence-corrected chi connectivity index (χ2v) is 5.21. The molecule has 0 spiro atoms. The molecule has 1 heterocycles. The van der Waals surface area contributed by atoms with Crippen LogP contribution in [0.15, 0.2) is 12.1 Å². The van der Waals surface area contributed by atoms with E-state index in [0.29, 0.717) is 18.7 Å². The molecular formula is C12H13Cl2N3O2. The summed E-state index contributed by atoms with van der Waals surface area (Å²) in [6.45, 7) is 1.07. The van der Waals surface area contributed by atoms with Crippen molar-refractivity contribution in [2.45, 2.75) is 0 Å². The first-order valence-electron chi connectivity index (χ1n) is 5.68. The second kappa shape index (κ2) is 5.27. The Hall–Kier alpha value is -1.46. The highest BCUT2D eigenvalue weighted by molar-refractivity contribution is 6.39. The standard InChI is InChI=1S/C12H13Cl2N3O2/c1-16-2-3-17(6-10(16)18)12(19)7-4-8(13)11(15)9(14)5-7/h4-5H,2-3,6,15H2,1H3. The van der Waals surface area contributed by atoms with Crippen LogP contribution >= 0.6 is 23.2 Å². The number of likely N-dealkylation sites (N-methyl/N-ethyl adjacent to an activating group) is 1. The van der Waals surface area contributed by atoms with E-state index in [1.54, 1.807) is 11.9 Å². The molecule has 0 atom stereocenters. The number of carbonyl (C=O) groups excluding carboxylic acids is 2. The Morgan fingerprint density at radius 1 is 1.26 bits per heavy atom. The summed E-state index contributed by atoms with van der Waals surface area (Å²) in [7, 11) is 1.71. The Morgan fingerprint density at radius 2 is 1.84 bits per heavy atom. The fourth-order valence-electron chi connectivity index (χ4n) is 1.82. The van der Waals surface area contributed by atoms with Crippen molar-refractivity contribution in [1.82, 2.24) is 9.80 Å². The van der Waals surface area contributed by atoms with Crippen LogP contribution in [0.2, 0.25) is 10.0 Å². The third kappa shape index (κ3) is 2.77. The van der Waals surface area contributed by atoms with Crippen LogP contribution in [0.1, 0.15) is 10.4 Å². The molecule has 19 heavy (non-hydrogen) atoms. The predicted molar refractivity (Wildman–Crippen MR) is 74.4 cm³/mol. The number of carbonyl (C=O) groups is 2. The van der Waals surface area contributed by atoms with Gasteiger partial charge in [0.05, 0.1) is 15.7 Å². The topological polar surface area (TPSA) is 66.6 Å². The summed E-state index contributed by atoms with van der Waals surface area (Å²) < 4.78 is 0. The minimum absolute atomic E-state index is 0.0644. The van der Waals surface area contributed by atoms with Gasteiger partial charge in [0.15, 0.2) is 0 Å². The molecule has 1 aliphatic heterocycles. The van der Waals surface area contributed by atoms with E-state index in [4.69, 9.17) is 28.9 Å². The zero-order chi connectivity index (χ0) is 14.2. The molecule has 0 saturated carbocycles. The molecule has 2 N–H and O–H groups in total. The van der Waals surface area contributed by atoms with Gasteiger partial charge in [0, 0.05) is 25.7 Å². The maximum absolute atomic E-state index is 12.3. The lowest BCUT2D eigenvalue weighted by atomic mass is 10.1. The van der Waals surface area contributed by atoms with Crippen molar-refractivity contribution in [3.8, 4) is 0 Å². The zero-order valence-corrected chi connectivity index (χ0v) is 11.8. The number of hydrogen-bond donors (Lipinski definition) is 1. The van der Waals surface area contributed by atoms with Crippen LogP contribution < -0.4 is 5.73 Å². The van der Waals surface area contributed by atoms with Crippen molar-refractivity contribution in [2.24, 2.45) is 0 Å². The van der Waals surface area contributed by atoms with Gasteiger partial charge in [0.1, 0.15) is 6.54 Å². The molecule has 1 saturated heterocycles. The number of benzene rings is 1. The summed E-state index contributed by atoms with van der Waals surface area (Å²) in [6.07, 6.45) is 0. The van der Waals surface area contributed by atoms with Gasteiger partial charge in [-0.25, -0.2) is 0 Å². The molecule has 102 valence electrons. The Balaban J connectivity index is 2.23. The van der Waals surface area contributed by atoms with Crippen LogP contribution in [-0.2, 0) is 4.79 Å². The first kappa shape index (κ1) is 14.0. The van der Waals surface area contributed by atoms with Crippen LogP contribution in [0.4, 0.5) is 5.69 Å². The highest BCUT2D eigenvalue weighted by atomic mass is 35.5. The number of anilines is 1. The van der Waals surface area contributed by atoms with Gasteiger partial charge in [-0.2, -0.15) is 0 Å². The molecule has 0 unspecified atom stereocenters. The van der Waals surface area contributed by atoms with E-state index >= 15 is 0 Å². The number of amides is 2. The normalized spacial score (nSPS) is 15.8. The smallest absolute Gasteiger partial charge is 0.254 e. The average molecular weight is 302 g/mol. The van der Waals surface area contributed by atoms with Crippen molar-refractivity contribution in [3.05, 3.63) is 27.7 Å². The number of halogens is 2. The molecule has 0 radical (unpaired) electrons. The zero-order valence-electron chi connectivity index (χ0n) is 10.3. The fraction of sp³-hybridized carbons (Fsp3) is 0.333. The lowest BCUT2D eigenvalue weighted by Crippen LogP contribution is -2.50. The molecule has 2 rings (SSSR count). The van der Waals surface area contributed by atoms with E-state index in [-0.39, 0.29) is 34.1 Å². The van der Waals surface area contributed by atoms with Crippen molar-refractivity contribution >= 4 is 40.7 Å². The van der Waals surface area contributed by atoms with E-state index in [0.717, 1.165) is 0 Å². The highest BCUT2D eigenvalue weighted by Crippen LogP contribution is 2.29. The van der Waals surface area contributed by atoms with Gasteiger partial charge >= 0.3 is 0 Å². The van der Waals surface area contributed by atoms with E-state index in [1.807, 2.05) is 0 Å². The maximum atomic E-state index is 12.3. The molecule has 1 aromatic carbocycles. The summed E-state index contributed by atoms with van der Waals surface area (Å²) in [5, 5.41) is 0.465. The molecule has 1 aliphatic rings. The number of hydrogen-bond acceptors (Lipinski definition) is 3. The molecular weight excluding hydrogens is 289 g/mol. The van der Waals surface area contributed by atoms with E-state index < -0.39 is 0 Å². The molecule has 5 nitrogen and oxygen atoms in total. The predicted octanol–water partition coefficient (Wildman–Crippen LogP) is 1.49. The summed E-state index contributed by atoms with van der Waals surface area (Å²) in [5.41, 5.74) is 6.20. The van der Waals surface area contributed by atoms with Crippen LogP contribution in [0.5, 0.6) is 0 Å². The van der Waals surface area contributed by atoms with Crippen molar-refractivity contribution in [3.63, 3.8) is 0 Å². The number of nitrogen functional groups attached to an aromatic ring is 1. The Morgan fingerprint density at radius 3 is 2.37 bits per heavy atom.